The number of aliphatic hydroxyl groups excluding tert-OH is 1. The number of hydrogen-bond donors (Lipinski definition) is 1. The highest BCUT2D eigenvalue weighted by Crippen LogP contribution is 2.29. The Kier molecular flexibility index (Phi) is 3.36. The van der Waals surface area contributed by atoms with Gasteiger partial charge >= 0.3 is 0 Å². The molecule has 3 heteroatoms. The molecule has 1 heterocycles. The molecule has 16 heavy (non-hydrogen) atoms. The van der Waals surface area contributed by atoms with Gasteiger partial charge in [-0.3, -0.25) is 0 Å². The lowest BCUT2D eigenvalue weighted by Crippen LogP contribution is -2.06. The number of aryl methyl sites for hydroxylation is 1. The van der Waals surface area contributed by atoms with E-state index >= 15 is 0 Å². The minimum atomic E-state index is -0.552. The third-order valence-corrected chi connectivity index (χ3v) is 3.51. The highest BCUT2D eigenvalue weighted by molar-refractivity contribution is 7.98. The van der Waals surface area contributed by atoms with E-state index in [0.717, 1.165) is 16.2 Å². The van der Waals surface area contributed by atoms with Crippen LogP contribution in [0, 0.1) is 0 Å². The fraction of sp³-hybridized carbons (Fsp3) is 0.231. The molecule has 1 unspecified atom stereocenters. The summed E-state index contributed by atoms with van der Waals surface area (Å²) in [6, 6.07) is 11.9. The van der Waals surface area contributed by atoms with Gasteiger partial charge in [-0.1, -0.05) is 18.2 Å². The Hall–Kier alpha value is -1.19. The molecule has 1 aromatic heterocycles. The Balaban J connectivity index is 2.41. The molecule has 0 radical (unpaired) electrons. The summed E-state index contributed by atoms with van der Waals surface area (Å²) in [6.45, 7) is 0. The third kappa shape index (κ3) is 2.01. The first kappa shape index (κ1) is 11.3. The Morgan fingerprint density at radius 2 is 1.94 bits per heavy atom. The first-order valence-electron chi connectivity index (χ1n) is 5.16. The van der Waals surface area contributed by atoms with Crippen molar-refractivity contribution in [3.8, 4) is 0 Å². The van der Waals surface area contributed by atoms with Gasteiger partial charge in [-0.15, -0.1) is 11.8 Å². The lowest BCUT2D eigenvalue weighted by molar-refractivity contribution is 0.208. The van der Waals surface area contributed by atoms with Crippen LogP contribution in [0.4, 0.5) is 0 Å². The second kappa shape index (κ2) is 4.76. The van der Waals surface area contributed by atoms with Gasteiger partial charge in [0.15, 0.2) is 0 Å². The molecule has 1 atom stereocenters. The van der Waals surface area contributed by atoms with Gasteiger partial charge < -0.3 is 9.67 Å². The maximum absolute atomic E-state index is 10.3. The first-order valence-corrected chi connectivity index (χ1v) is 6.38. The van der Waals surface area contributed by atoms with Gasteiger partial charge in [0.1, 0.15) is 6.10 Å². The molecule has 0 saturated heterocycles. The Morgan fingerprint density at radius 3 is 2.56 bits per heavy atom. The van der Waals surface area contributed by atoms with Gasteiger partial charge in [0.05, 0.1) is 5.69 Å². The largest absolute Gasteiger partial charge is 0.382 e. The number of thioether (sulfide) groups is 1. The van der Waals surface area contributed by atoms with Crippen LogP contribution < -0.4 is 0 Å². The standard InChI is InChI=1S/C13H15NOS/c1-14-9-5-7-11(14)13(15)10-6-3-4-8-12(10)16-2/h3-9,13,15H,1-2H3. The van der Waals surface area contributed by atoms with Crippen molar-refractivity contribution in [1.82, 2.24) is 4.57 Å². The van der Waals surface area contributed by atoms with E-state index < -0.39 is 6.10 Å². The SMILES string of the molecule is CSc1ccccc1C(O)c1cccn1C. The van der Waals surface area contributed by atoms with Crippen LogP contribution in [0.2, 0.25) is 0 Å². The Morgan fingerprint density at radius 1 is 1.19 bits per heavy atom. The van der Waals surface area contributed by atoms with Crippen molar-refractivity contribution in [1.29, 1.82) is 0 Å². The molecular weight excluding hydrogens is 218 g/mol. The second-order valence-corrected chi connectivity index (χ2v) is 4.54. The van der Waals surface area contributed by atoms with Crippen molar-refractivity contribution in [3.05, 3.63) is 53.9 Å². The van der Waals surface area contributed by atoms with Crippen molar-refractivity contribution >= 4 is 11.8 Å². The van der Waals surface area contributed by atoms with Gasteiger partial charge in [-0.05, 0) is 30.0 Å². The predicted octanol–water partition coefficient (Wildman–Crippen LogP) is 2.83. The van der Waals surface area contributed by atoms with E-state index in [0.29, 0.717) is 0 Å². The zero-order chi connectivity index (χ0) is 11.5. The molecule has 0 amide bonds. The maximum atomic E-state index is 10.3. The summed E-state index contributed by atoms with van der Waals surface area (Å²) in [5, 5.41) is 10.3. The minimum absolute atomic E-state index is 0.552. The molecule has 0 aliphatic rings. The molecule has 84 valence electrons. The molecule has 1 N–H and O–H groups in total. The summed E-state index contributed by atoms with van der Waals surface area (Å²) in [7, 11) is 1.94. The zero-order valence-corrected chi connectivity index (χ0v) is 10.2. The number of rotatable bonds is 3. The molecule has 0 fully saturated rings. The van der Waals surface area contributed by atoms with Gasteiger partial charge in [0.25, 0.3) is 0 Å². The van der Waals surface area contributed by atoms with Crippen molar-refractivity contribution in [2.75, 3.05) is 6.26 Å². The van der Waals surface area contributed by atoms with Crippen LogP contribution in [0.15, 0.2) is 47.5 Å². The summed E-state index contributed by atoms with van der Waals surface area (Å²) in [6.07, 6.45) is 3.42. The van der Waals surface area contributed by atoms with Crippen molar-refractivity contribution in [3.63, 3.8) is 0 Å². The smallest absolute Gasteiger partial charge is 0.120 e. The van der Waals surface area contributed by atoms with Crippen LogP contribution >= 0.6 is 11.8 Å². The van der Waals surface area contributed by atoms with Crippen LogP contribution in [-0.4, -0.2) is 15.9 Å². The van der Waals surface area contributed by atoms with Crippen LogP contribution in [0.1, 0.15) is 17.4 Å². The fourth-order valence-electron chi connectivity index (χ4n) is 1.81. The van der Waals surface area contributed by atoms with E-state index in [2.05, 4.69) is 0 Å². The molecule has 0 saturated carbocycles. The average molecular weight is 233 g/mol. The molecule has 1 aromatic carbocycles. The predicted molar refractivity (Wildman–Crippen MR) is 67.7 cm³/mol. The van der Waals surface area contributed by atoms with E-state index in [-0.39, 0.29) is 0 Å². The van der Waals surface area contributed by atoms with E-state index in [1.54, 1.807) is 11.8 Å². The number of nitrogens with zero attached hydrogens (tertiary/aromatic N) is 1. The highest BCUT2D eigenvalue weighted by atomic mass is 32.2. The molecule has 0 bridgehead atoms. The van der Waals surface area contributed by atoms with Gasteiger partial charge in [0.2, 0.25) is 0 Å². The number of aliphatic hydroxyl groups is 1. The quantitative estimate of drug-likeness (QED) is 0.825. The number of aromatic nitrogens is 1. The fourth-order valence-corrected chi connectivity index (χ4v) is 2.44. The normalized spacial score (nSPS) is 12.7. The molecule has 2 nitrogen and oxygen atoms in total. The number of hydrogen-bond acceptors (Lipinski definition) is 2. The van der Waals surface area contributed by atoms with Crippen molar-refractivity contribution in [2.45, 2.75) is 11.0 Å². The molecule has 2 aromatic rings. The average Bonchev–Trinajstić information content (AvgIpc) is 2.74. The van der Waals surface area contributed by atoms with Crippen LogP contribution in [0.25, 0.3) is 0 Å². The summed E-state index contributed by atoms with van der Waals surface area (Å²) < 4.78 is 1.95. The molecule has 0 spiro atoms. The molecular formula is C13H15NOS. The monoisotopic (exact) mass is 233 g/mol. The lowest BCUT2D eigenvalue weighted by Gasteiger charge is -2.15. The topological polar surface area (TPSA) is 25.2 Å². The lowest BCUT2D eigenvalue weighted by atomic mass is 10.1. The van der Waals surface area contributed by atoms with E-state index in [1.165, 1.54) is 0 Å². The van der Waals surface area contributed by atoms with Crippen LogP contribution in [0.3, 0.4) is 0 Å². The first-order chi connectivity index (χ1) is 7.74. The Bertz CT molecular complexity index is 478. The van der Waals surface area contributed by atoms with Crippen LogP contribution in [-0.2, 0) is 7.05 Å². The summed E-state index contributed by atoms with van der Waals surface area (Å²) in [5.41, 5.74) is 1.89. The molecule has 0 aliphatic heterocycles. The van der Waals surface area contributed by atoms with Crippen molar-refractivity contribution in [2.24, 2.45) is 7.05 Å². The highest BCUT2D eigenvalue weighted by Gasteiger charge is 2.15. The second-order valence-electron chi connectivity index (χ2n) is 3.69. The number of benzene rings is 1. The molecule has 2 rings (SSSR count). The third-order valence-electron chi connectivity index (χ3n) is 2.70. The van der Waals surface area contributed by atoms with Gasteiger partial charge in [-0.25, -0.2) is 0 Å². The minimum Gasteiger partial charge on any atom is -0.382 e. The summed E-state index contributed by atoms with van der Waals surface area (Å²) in [5.74, 6) is 0. The summed E-state index contributed by atoms with van der Waals surface area (Å²) >= 11 is 1.66. The van der Waals surface area contributed by atoms with E-state index in [1.807, 2.05) is 60.5 Å². The van der Waals surface area contributed by atoms with Gasteiger partial charge in [-0.2, -0.15) is 0 Å². The zero-order valence-electron chi connectivity index (χ0n) is 9.42. The van der Waals surface area contributed by atoms with Crippen LogP contribution in [0.5, 0.6) is 0 Å². The van der Waals surface area contributed by atoms with E-state index in [4.69, 9.17) is 0 Å². The maximum Gasteiger partial charge on any atom is 0.120 e. The molecule has 0 aliphatic carbocycles. The summed E-state index contributed by atoms with van der Waals surface area (Å²) in [4.78, 5) is 1.12. The van der Waals surface area contributed by atoms with E-state index in [9.17, 15) is 5.11 Å². The van der Waals surface area contributed by atoms with Crippen molar-refractivity contribution < 1.29 is 5.11 Å². The Labute approximate surface area is 99.9 Å². The van der Waals surface area contributed by atoms with Gasteiger partial charge in [0, 0.05) is 18.1 Å².